The highest BCUT2D eigenvalue weighted by Gasteiger charge is 2.26. The molecule has 0 radical (unpaired) electrons. The summed E-state index contributed by atoms with van der Waals surface area (Å²) in [6.07, 6.45) is 3.02. The Morgan fingerprint density at radius 1 is 1.69 bits per heavy atom. The molecule has 0 saturated carbocycles. The average Bonchev–Trinajstić information content (AvgIpc) is 2.95. The van der Waals surface area contributed by atoms with Gasteiger partial charge in [-0.3, -0.25) is 0 Å². The zero-order valence-electron chi connectivity index (χ0n) is 10.4. The van der Waals surface area contributed by atoms with Gasteiger partial charge >= 0.3 is 0 Å². The van der Waals surface area contributed by atoms with E-state index in [0.717, 1.165) is 24.7 Å². The van der Waals surface area contributed by atoms with Crippen molar-refractivity contribution >= 4 is 0 Å². The number of hydrogen-bond acceptors (Lipinski definition) is 4. The van der Waals surface area contributed by atoms with Crippen molar-refractivity contribution in [2.45, 2.75) is 32.2 Å². The van der Waals surface area contributed by atoms with E-state index < -0.39 is 0 Å². The average molecular weight is 223 g/mol. The Balaban J connectivity index is 2.02. The van der Waals surface area contributed by atoms with Crippen LogP contribution in [-0.4, -0.2) is 36.6 Å². The highest BCUT2D eigenvalue weighted by atomic mass is 16.4. The molecule has 1 N–H and O–H groups in total. The van der Waals surface area contributed by atoms with E-state index in [1.165, 1.54) is 13.0 Å². The van der Waals surface area contributed by atoms with E-state index in [2.05, 4.69) is 29.0 Å². The second-order valence-corrected chi connectivity index (χ2v) is 4.49. The molecule has 1 aliphatic heterocycles. The molecule has 4 heteroatoms. The van der Waals surface area contributed by atoms with Gasteiger partial charge in [0, 0.05) is 12.5 Å². The largest absolute Gasteiger partial charge is 0.444 e. The van der Waals surface area contributed by atoms with Crippen LogP contribution in [0.1, 0.15) is 43.9 Å². The van der Waals surface area contributed by atoms with Crippen molar-refractivity contribution in [2.75, 3.05) is 26.7 Å². The van der Waals surface area contributed by atoms with Crippen LogP contribution in [-0.2, 0) is 0 Å². The molecule has 0 aromatic carbocycles. The van der Waals surface area contributed by atoms with Gasteiger partial charge in [-0.05, 0) is 33.5 Å². The van der Waals surface area contributed by atoms with Crippen LogP contribution < -0.4 is 5.32 Å². The fraction of sp³-hybridized carbons (Fsp3) is 0.750. The van der Waals surface area contributed by atoms with Gasteiger partial charge in [0.05, 0.1) is 12.2 Å². The van der Waals surface area contributed by atoms with Crippen LogP contribution in [0.5, 0.6) is 0 Å². The Morgan fingerprint density at radius 3 is 3.12 bits per heavy atom. The lowest BCUT2D eigenvalue weighted by Crippen LogP contribution is -2.19. The monoisotopic (exact) mass is 223 g/mol. The molecule has 1 aromatic heterocycles. The summed E-state index contributed by atoms with van der Waals surface area (Å²) in [4.78, 5) is 6.84. The Morgan fingerprint density at radius 2 is 2.50 bits per heavy atom. The first-order valence-corrected chi connectivity index (χ1v) is 6.09. The molecular weight excluding hydrogens is 202 g/mol. The number of nitrogens with zero attached hydrogens (tertiary/aromatic N) is 2. The van der Waals surface area contributed by atoms with Crippen molar-refractivity contribution in [3.8, 4) is 0 Å². The molecule has 1 saturated heterocycles. The minimum Gasteiger partial charge on any atom is -0.444 e. The van der Waals surface area contributed by atoms with E-state index in [9.17, 15) is 0 Å². The normalized spacial score (nSPS) is 23.8. The lowest BCUT2D eigenvalue weighted by Gasteiger charge is -2.11. The SMILES string of the molecule is CCN1CCC(c2ncc(C(C)NC)o2)C1. The molecule has 2 unspecified atom stereocenters. The summed E-state index contributed by atoms with van der Waals surface area (Å²) in [5.74, 6) is 2.33. The number of oxazole rings is 1. The molecule has 2 heterocycles. The summed E-state index contributed by atoms with van der Waals surface area (Å²) in [6.45, 7) is 7.66. The maximum absolute atomic E-state index is 5.81. The quantitative estimate of drug-likeness (QED) is 0.844. The summed E-state index contributed by atoms with van der Waals surface area (Å²) in [5, 5.41) is 3.16. The van der Waals surface area contributed by atoms with E-state index in [-0.39, 0.29) is 6.04 Å². The second-order valence-electron chi connectivity index (χ2n) is 4.49. The Labute approximate surface area is 97.0 Å². The van der Waals surface area contributed by atoms with Gasteiger partial charge < -0.3 is 14.6 Å². The first-order valence-electron chi connectivity index (χ1n) is 6.09. The zero-order valence-corrected chi connectivity index (χ0v) is 10.4. The predicted octanol–water partition coefficient (Wildman–Crippen LogP) is 1.76. The summed E-state index contributed by atoms with van der Waals surface area (Å²) in [5.41, 5.74) is 0. The van der Waals surface area contributed by atoms with Crippen LogP contribution in [0.3, 0.4) is 0 Å². The molecule has 2 rings (SSSR count). The number of hydrogen-bond donors (Lipinski definition) is 1. The lowest BCUT2D eigenvalue weighted by molar-refractivity contribution is 0.338. The Kier molecular flexibility index (Phi) is 3.61. The van der Waals surface area contributed by atoms with Gasteiger partial charge in [-0.15, -0.1) is 0 Å². The molecular formula is C12H21N3O. The fourth-order valence-electron chi connectivity index (χ4n) is 2.15. The molecule has 16 heavy (non-hydrogen) atoms. The summed E-state index contributed by atoms with van der Waals surface area (Å²) in [7, 11) is 1.93. The second kappa shape index (κ2) is 4.97. The fourth-order valence-corrected chi connectivity index (χ4v) is 2.15. The third-order valence-electron chi connectivity index (χ3n) is 3.47. The summed E-state index contributed by atoms with van der Waals surface area (Å²) >= 11 is 0. The van der Waals surface area contributed by atoms with E-state index in [1.807, 2.05) is 13.2 Å². The molecule has 1 aromatic rings. The summed E-state index contributed by atoms with van der Waals surface area (Å²) in [6, 6.07) is 0.241. The third kappa shape index (κ3) is 2.28. The topological polar surface area (TPSA) is 41.3 Å². The third-order valence-corrected chi connectivity index (χ3v) is 3.47. The highest BCUT2D eigenvalue weighted by molar-refractivity contribution is 5.04. The van der Waals surface area contributed by atoms with Crippen molar-refractivity contribution in [3.05, 3.63) is 17.8 Å². The van der Waals surface area contributed by atoms with Gasteiger partial charge in [-0.25, -0.2) is 4.98 Å². The van der Waals surface area contributed by atoms with Crippen LogP contribution in [0.4, 0.5) is 0 Å². The van der Waals surface area contributed by atoms with Gasteiger partial charge in [0.2, 0.25) is 0 Å². The van der Waals surface area contributed by atoms with E-state index in [4.69, 9.17) is 4.42 Å². The predicted molar refractivity (Wildman–Crippen MR) is 63.4 cm³/mol. The number of nitrogens with one attached hydrogen (secondary N) is 1. The molecule has 0 aliphatic carbocycles. The van der Waals surface area contributed by atoms with Crippen LogP contribution >= 0.6 is 0 Å². The van der Waals surface area contributed by atoms with Gasteiger partial charge in [-0.2, -0.15) is 0 Å². The van der Waals surface area contributed by atoms with Crippen molar-refractivity contribution in [3.63, 3.8) is 0 Å². The smallest absolute Gasteiger partial charge is 0.198 e. The van der Waals surface area contributed by atoms with Gasteiger partial charge in [0.1, 0.15) is 5.76 Å². The van der Waals surface area contributed by atoms with Gasteiger partial charge in [0.25, 0.3) is 0 Å². The van der Waals surface area contributed by atoms with Gasteiger partial charge in [0.15, 0.2) is 5.89 Å². The maximum Gasteiger partial charge on any atom is 0.198 e. The van der Waals surface area contributed by atoms with E-state index >= 15 is 0 Å². The molecule has 0 bridgehead atoms. The van der Waals surface area contributed by atoms with Crippen LogP contribution in [0.15, 0.2) is 10.6 Å². The first kappa shape index (κ1) is 11.6. The molecule has 0 amide bonds. The highest BCUT2D eigenvalue weighted by Crippen LogP contribution is 2.27. The van der Waals surface area contributed by atoms with Crippen LogP contribution in [0.2, 0.25) is 0 Å². The van der Waals surface area contributed by atoms with Crippen molar-refractivity contribution in [1.82, 2.24) is 15.2 Å². The molecule has 2 atom stereocenters. The maximum atomic E-state index is 5.81. The number of aromatic nitrogens is 1. The molecule has 1 fully saturated rings. The zero-order chi connectivity index (χ0) is 11.5. The van der Waals surface area contributed by atoms with Crippen LogP contribution in [0, 0.1) is 0 Å². The minimum absolute atomic E-state index is 0.241. The van der Waals surface area contributed by atoms with Crippen molar-refractivity contribution < 1.29 is 4.42 Å². The van der Waals surface area contributed by atoms with Gasteiger partial charge in [-0.1, -0.05) is 6.92 Å². The Bertz CT molecular complexity index is 337. The number of rotatable bonds is 4. The number of likely N-dealkylation sites (tertiary alicyclic amines) is 1. The molecule has 90 valence electrons. The van der Waals surface area contributed by atoms with Crippen molar-refractivity contribution in [1.29, 1.82) is 0 Å². The number of likely N-dealkylation sites (N-methyl/N-ethyl adjacent to an activating group) is 1. The Hall–Kier alpha value is -0.870. The van der Waals surface area contributed by atoms with E-state index in [1.54, 1.807) is 0 Å². The molecule has 0 spiro atoms. The van der Waals surface area contributed by atoms with Crippen molar-refractivity contribution in [2.24, 2.45) is 0 Å². The standard InChI is InChI=1S/C12H21N3O/c1-4-15-6-5-10(8-15)12-14-7-11(16-12)9(2)13-3/h7,9-10,13H,4-6,8H2,1-3H3. The summed E-state index contributed by atoms with van der Waals surface area (Å²) < 4.78 is 5.81. The first-order chi connectivity index (χ1) is 7.74. The molecule has 4 nitrogen and oxygen atoms in total. The van der Waals surface area contributed by atoms with E-state index in [0.29, 0.717) is 5.92 Å². The minimum atomic E-state index is 0.241. The lowest BCUT2D eigenvalue weighted by atomic mass is 10.1. The molecule has 1 aliphatic rings. The van der Waals surface area contributed by atoms with Crippen LogP contribution in [0.25, 0.3) is 0 Å².